The number of aliphatic carboxylic acids is 1. The number of carbonyl (C=O) groups excluding carboxylic acids is 1. The second kappa shape index (κ2) is 9.67. The summed E-state index contributed by atoms with van der Waals surface area (Å²) >= 11 is 1.38. The summed E-state index contributed by atoms with van der Waals surface area (Å²) in [5.74, 6) is -0.237. The number of carboxylic acids is 1. The fourth-order valence-electron chi connectivity index (χ4n) is 2.08. The Morgan fingerprint density at radius 1 is 1.26 bits per heavy atom. The number of thioether (sulfide) groups is 1. The number of nitrogens with zero attached hydrogens (tertiary/aromatic N) is 2. The van der Waals surface area contributed by atoms with Crippen LogP contribution in [0, 0.1) is 0 Å². The predicted molar refractivity (Wildman–Crippen MR) is 98.8 cm³/mol. The Morgan fingerprint density at radius 2 is 1.96 bits per heavy atom. The summed E-state index contributed by atoms with van der Waals surface area (Å²) in [7, 11) is 0. The molecule has 1 aliphatic rings. The van der Waals surface area contributed by atoms with Crippen molar-refractivity contribution in [2.24, 2.45) is 4.99 Å². The first-order valence-corrected chi connectivity index (χ1v) is 9.23. The number of aromatic nitrogens is 1. The Balaban J connectivity index is 1.78. The van der Waals surface area contributed by atoms with Gasteiger partial charge in [-0.1, -0.05) is 0 Å². The van der Waals surface area contributed by atoms with Gasteiger partial charge in [-0.05, 0) is 13.8 Å². The molecule has 0 radical (unpaired) electrons. The van der Waals surface area contributed by atoms with Crippen LogP contribution in [0.2, 0.25) is 0 Å². The maximum absolute atomic E-state index is 11.7. The molecule has 27 heavy (non-hydrogen) atoms. The summed E-state index contributed by atoms with van der Waals surface area (Å²) in [6.45, 7) is 3.85. The van der Waals surface area contributed by atoms with Crippen LogP contribution in [-0.4, -0.2) is 76.3 Å². The number of carbonyl (C=O) groups is 2. The molecule has 1 aliphatic heterocycles. The molecule has 0 unspecified atom stereocenters. The Kier molecular flexibility index (Phi) is 7.57. The van der Waals surface area contributed by atoms with Crippen LogP contribution < -0.4 is 4.74 Å². The molecule has 9 nitrogen and oxygen atoms in total. The van der Waals surface area contributed by atoms with E-state index in [0.29, 0.717) is 22.2 Å². The minimum atomic E-state index is -1.03. The highest BCUT2D eigenvalue weighted by molar-refractivity contribution is 8.14. The fraction of sp³-hybridized carbons (Fsp3) is 0.529. The van der Waals surface area contributed by atoms with Gasteiger partial charge in [-0.3, -0.25) is 9.79 Å². The van der Waals surface area contributed by atoms with Gasteiger partial charge in [-0.15, -0.1) is 11.8 Å². The summed E-state index contributed by atoms with van der Waals surface area (Å²) < 4.78 is 15.5. The predicted octanol–water partition coefficient (Wildman–Crippen LogP) is 1.12. The first-order chi connectivity index (χ1) is 12.8. The molecule has 0 fully saturated rings. The molecule has 0 saturated heterocycles. The van der Waals surface area contributed by atoms with Crippen LogP contribution in [0.4, 0.5) is 0 Å². The van der Waals surface area contributed by atoms with Gasteiger partial charge in [-0.2, -0.15) is 0 Å². The number of Topliss-reactive ketones (excluding diaryl/α,β-unsaturated/α-hetero) is 1. The number of ether oxygens (including phenoxy) is 3. The van der Waals surface area contributed by atoms with E-state index in [4.69, 9.17) is 19.3 Å². The lowest BCUT2D eigenvalue weighted by Gasteiger charge is -2.14. The highest BCUT2D eigenvalue weighted by Crippen LogP contribution is 2.34. The number of ketones is 1. The molecule has 0 amide bonds. The van der Waals surface area contributed by atoms with Crippen molar-refractivity contribution in [1.82, 2.24) is 4.98 Å². The maximum Gasteiger partial charge on any atom is 0.329 e. The van der Waals surface area contributed by atoms with Crippen LogP contribution in [0.3, 0.4) is 0 Å². The van der Waals surface area contributed by atoms with Crippen molar-refractivity contribution >= 4 is 28.6 Å². The lowest BCUT2D eigenvalue weighted by molar-refractivity contribution is -0.142. The number of hydrogen-bond acceptors (Lipinski definition) is 9. The molecule has 1 aromatic heterocycles. The van der Waals surface area contributed by atoms with Crippen molar-refractivity contribution in [3.05, 3.63) is 18.0 Å². The van der Waals surface area contributed by atoms with Gasteiger partial charge in [-0.25, -0.2) is 9.78 Å². The number of pyridine rings is 1. The van der Waals surface area contributed by atoms with Gasteiger partial charge in [0.15, 0.2) is 5.78 Å². The second-order valence-electron chi connectivity index (χ2n) is 5.98. The molecule has 2 heterocycles. The minimum Gasteiger partial charge on any atom is -0.505 e. The van der Waals surface area contributed by atoms with Crippen molar-refractivity contribution in [2.45, 2.75) is 19.4 Å². The lowest BCUT2D eigenvalue weighted by atomic mass is 10.0. The Labute approximate surface area is 160 Å². The van der Waals surface area contributed by atoms with Crippen LogP contribution >= 0.6 is 11.8 Å². The van der Waals surface area contributed by atoms with Gasteiger partial charge in [0.2, 0.25) is 0 Å². The largest absolute Gasteiger partial charge is 0.505 e. The van der Waals surface area contributed by atoms with E-state index in [9.17, 15) is 14.7 Å². The Bertz CT molecular complexity index is 725. The molecular formula is C17H22N2O7S. The number of aliphatic imine (C=N–C) groups is 1. The molecule has 0 spiro atoms. The van der Waals surface area contributed by atoms with E-state index < -0.39 is 11.5 Å². The van der Waals surface area contributed by atoms with Crippen molar-refractivity contribution < 1.29 is 34.0 Å². The molecule has 0 aliphatic carbocycles. The summed E-state index contributed by atoms with van der Waals surface area (Å²) in [6, 6.07) is 1.44. The number of rotatable bonds is 11. The zero-order valence-electron chi connectivity index (χ0n) is 15.1. The van der Waals surface area contributed by atoms with Crippen molar-refractivity contribution in [1.29, 1.82) is 0 Å². The van der Waals surface area contributed by atoms with E-state index in [1.807, 2.05) is 0 Å². The summed E-state index contributed by atoms with van der Waals surface area (Å²) in [5, 5.41) is 19.1. The number of carboxylic acid groups (broad SMARTS) is 1. The average molecular weight is 398 g/mol. The van der Waals surface area contributed by atoms with Crippen LogP contribution in [0.15, 0.2) is 17.3 Å². The average Bonchev–Trinajstić information content (AvgIpc) is 3.00. The van der Waals surface area contributed by atoms with Gasteiger partial charge in [0, 0.05) is 11.8 Å². The van der Waals surface area contributed by atoms with E-state index in [-0.39, 0.29) is 44.6 Å². The molecule has 2 N–H and O–H groups in total. The molecule has 10 heteroatoms. The topological polar surface area (TPSA) is 128 Å². The molecular weight excluding hydrogens is 376 g/mol. The minimum absolute atomic E-state index is 0.0298. The highest BCUT2D eigenvalue weighted by Gasteiger charge is 2.36. The Hall–Kier alpha value is -2.17. The third-order valence-electron chi connectivity index (χ3n) is 3.74. The monoisotopic (exact) mass is 398 g/mol. The molecule has 1 atom stereocenters. The standard InChI is InChI=1S/C17H22N2O7S/c1-11(20)17(2)10-27-16(19-17)15-13(21)7-12(8-18-15)26-6-5-24-3-4-25-9-14(22)23/h7-8,21H,3-6,9-10H2,1-2H3,(H,22,23)/t17-/m1/s1. The lowest BCUT2D eigenvalue weighted by Crippen LogP contribution is -2.31. The highest BCUT2D eigenvalue weighted by atomic mass is 32.2. The normalized spacial score (nSPS) is 19.0. The van der Waals surface area contributed by atoms with Crippen molar-refractivity contribution in [3.63, 3.8) is 0 Å². The van der Waals surface area contributed by atoms with Gasteiger partial charge >= 0.3 is 5.97 Å². The van der Waals surface area contributed by atoms with Gasteiger partial charge in [0.25, 0.3) is 0 Å². The molecule has 1 aromatic rings. The van der Waals surface area contributed by atoms with E-state index in [2.05, 4.69) is 9.98 Å². The molecule has 0 aromatic carbocycles. The number of aromatic hydroxyl groups is 1. The van der Waals surface area contributed by atoms with Crippen LogP contribution in [-0.2, 0) is 19.1 Å². The van der Waals surface area contributed by atoms with E-state index >= 15 is 0 Å². The summed E-state index contributed by atoms with van der Waals surface area (Å²) in [6.07, 6.45) is 1.47. The van der Waals surface area contributed by atoms with Crippen LogP contribution in [0.25, 0.3) is 0 Å². The van der Waals surface area contributed by atoms with E-state index in [0.717, 1.165) is 0 Å². The van der Waals surface area contributed by atoms with Gasteiger partial charge in [0.05, 0.1) is 26.0 Å². The number of hydrogen-bond donors (Lipinski definition) is 2. The molecule has 0 bridgehead atoms. The zero-order chi connectivity index (χ0) is 19.9. The Morgan fingerprint density at radius 3 is 2.59 bits per heavy atom. The van der Waals surface area contributed by atoms with Gasteiger partial charge in [0.1, 0.15) is 41.0 Å². The van der Waals surface area contributed by atoms with E-state index in [1.54, 1.807) is 6.92 Å². The van der Waals surface area contributed by atoms with Gasteiger partial charge < -0.3 is 24.4 Å². The summed E-state index contributed by atoms with van der Waals surface area (Å²) in [4.78, 5) is 30.5. The SMILES string of the molecule is CC(=O)[C@@]1(C)CSC(c2ncc(OCCOCCOCC(=O)O)cc2O)=N1. The van der Waals surface area contributed by atoms with Crippen molar-refractivity contribution in [3.8, 4) is 11.5 Å². The maximum atomic E-state index is 11.7. The smallest absolute Gasteiger partial charge is 0.329 e. The fourth-order valence-corrected chi connectivity index (χ4v) is 3.32. The van der Waals surface area contributed by atoms with Crippen molar-refractivity contribution in [2.75, 3.05) is 38.8 Å². The third kappa shape index (κ3) is 6.19. The van der Waals surface area contributed by atoms with Crippen LogP contribution in [0.5, 0.6) is 11.5 Å². The quantitative estimate of drug-likeness (QED) is 0.527. The third-order valence-corrected chi connectivity index (χ3v) is 5.00. The zero-order valence-corrected chi connectivity index (χ0v) is 16.0. The van der Waals surface area contributed by atoms with E-state index in [1.165, 1.54) is 30.9 Å². The molecule has 2 rings (SSSR count). The summed E-state index contributed by atoms with van der Waals surface area (Å²) in [5.41, 5.74) is -0.460. The first-order valence-electron chi connectivity index (χ1n) is 8.25. The van der Waals surface area contributed by atoms with Crippen LogP contribution in [0.1, 0.15) is 19.5 Å². The second-order valence-corrected chi connectivity index (χ2v) is 6.95. The first kappa shape index (κ1) is 21.1. The molecule has 148 valence electrons. The molecule has 0 saturated carbocycles.